The maximum atomic E-state index is 12.0. The zero-order valence-electron chi connectivity index (χ0n) is 10.6. The second kappa shape index (κ2) is 7.66. The van der Waals surface area contributed by atoms with Gasteiger partial charge in [-0.2, -0.15) is 0 Å². The molecule has 0 unspecified atom stereocenters. The van der Waals surface area contributed by atoms with Gasteiger partial charge in [0, 0.05) is 19.5 Å². The Morgan fingerprint density at radius 2 is 2.06 bits per heavy atom. The molecule has 17 heavy (non-hydrogen) atoms. The minimum Gasteiger partial charge on any atom is -0.335 e. The molecule has 1 amide bonds. The van der Waals surface area contributed by atoms with Crippen molar-refractivity contribution in [2.75, 3.05) is 6.54 Å². The monoisotopic (exact) mass is 231 g/mol. The molecule has 0 heterocycles. The highest BCUT2D eigenvalue weighted by atomic mass is 16.2. The molecule has 0 aliphatic carbocycles. The number of amides is 1. The zero-order valence-corrected chi connectivity index (χ0v) is 10.6. The number of rotatable bonds is 7. The predicted molar refractivity (Wildman–Crippen MR) is 71.6 cm³/mol. The lowest BCUT2D eigenvalue weighted by Crippen LogP contribution is -2.30. The molecule has 0 aromatic heterocycles. The molecule has 0 N–H and O–H groups in total. The summed E-state index contributed by atoms with van der Waals surface area (Å²) in [5.41, 5.74) is 1.17. The molecule has 0 spiro atoms. The molecule has 2 heteroatoms. The van der Waals surface area contributed by atoms with E-state index in [2.05, 4.69) is 13.5 Å². The minimum absolute atomic E-state index is 0.218. The van der Waals surface area contributed by atoms with Gasteiger partial charge < -0.3 is 4.90 Å². The predicted octanol–water partition coefficient (Wildman–Crippen LogP) is 3.39. The Balaban J connectivity index is 2.59. The third-order valence-electron chi connectivity index (χ3n) is 2.66. The van der Waals surface area contributed by atoms with Gasteiger partial charge in [0.15, 0.2) is 0 Å². The van der Waals surface area contributed by atoms with Crippen molar-refractivity contribution in [1.82, 2.24) is 4.90 Å². The van der Waals surface area contributed by atoms with Crippen LogP contribution in [0, 0.1) is 0 Å². The van der Waals surface area contributed by atoms with E-state index in [1.807, 2.05) is 35.2 Å². The highest BCUT2D eigenvalue weighted by molar-refractivity contribution is 5.76. The van der Waals surface area contributed by atoms with Crippen LogP contribution in [0.25, 0.3) is 0 Å². The van der Waals surface area contributed by atoms with Crippen molar-refractivity contribution in [2.24, 2.45) is 0 Å². The van der Waals surface area contributed by atoms with Crippen LogP contribution < -0.4 is 0 Å². The van der Waals surface area contributed by atoms with E-state index in [1.165, 1.54) is 5.56 Å². The molecular formula is C15H21NO. The minimum atomic E-state index is 0.218. The molecule has 92 valence electrons. The summed E-state index contributed by atoms with van der Waals surface area (Å²) in [6.07, 6.45) is 4.43. The van der Waals surface area contributed by atoms with E-state index < -0.39 is 0 Å². The number of carbonyl (C=O) groups is 1. The van der Waals surface area contributed by atoms with E-state index in [9.17, 15) is 4.79 Å². The molecule has 0 saturated carbocycles. The smallest absolute Gasteiger partial charge is 0.223 e. The van der Waals surface area contributed by atoms with Gasteiger partial charge in [0.25, 0.3) is 0 Å². The van der Waals surface area contributed by atoms with Gasteiger partial charge in [0.1, 0.15) is 0 Å². The van der Waals surface area contributed by atoms with Gasteiger partial charge in [0.05, 0.1) is 0 Å². The molecule has 2 nitrogen and oxygen atoms in total. The van der Waals surface area contributed by atoms with Gasteiger partial charge in [0.2, 0.25) is 5.91 Å². The van der Waals surface area contributed by atoms with Crippen LogP contribution in [0.15, 0.2) is 43.0 Å². The van der Waals surface area contributed by atoms with Crippen molar-refractivity contribution in [3.05, 3.63) is 48.6 Å². The van der Waals surface area contributed by atoms with Crippen LogP contribution >= 0.6 is 0 Å². The number of carbonyl (C=O) groups excluding carboxylic acids is 1. The average Bonchev–Trinajstić information content (AvgIpc) is 2.36. The first kappa shape index (κ1) is 13.5. The van der Waals surface area contributed by atoms with Crippen LogP contribution in [0.5, 0.6) is 0 Å². The van der Waals surface area contributed by atoms with Crippen LogP contribution in [0.2, 0.25) is 0 Å². The van der Waals surface area contributed by atoms with Crippen molar-refractivity contribution < 1.29 is 4.79 Å². The summed E-state index contributed by atoms with van der Waals surface area (Å²) >= 11 is 0. The summed E-state index contributed by atoms with van der Waals surface area (Å²) in [6.45, 7) is 7.11. The van der Waals surface area contributed by atoms with E-state index in [0.717, 1.165) is 12.8 Å². The summed E-state index contributed by atoms with van der Waals surface area (Å²) in [4.78, 5) is 13.8. The Bertz CT molecular complexity index is 345. The first-order chi connectivity index (χ1) is 8.27. The lowest BCUT2D eigenvalue weighted by atomic mass is 10.2. The third kappa shape index (κ3) is 4.85. The SMILES string of the molecule is C=CCN(Cc1ccccc1)C(=O)CCCC. The highest BCUT2D eigenvalue weighted by Crippen LogP contribution is 2.08. The Morgan fingerprint density at radius 3 is 2.65 bits per heavy atom. The maximum Gasteiger partial charge on any atom is 0.223 e. The van der Waals surface area contributed by atoms with Crippen LogP contribution in [0.4, 0.5) is 0 Å². The Morgan fingerprint density at radius 1 is 1.35 bits per heavy atom. The zero-order chi connectivity index (χ0) is 12.5. The van der Waals surface area contributed by atoms with Crippen molar-refractivity contribution >= 4 is 5.91 Å². The topological polar surface area (TPSA) is 20.3 Å². The van der Waals surface area contributed by atoms with Crippen LogP contribution in [-0.2, 0) is 11.3 Å². The number of unbranched alkanes of at least 4 members (excludes halogenated alkanes) is 1. The first-order valence-corrected chi connectivity index (χ1v) is 6.20. The van der Waals surface area contributed by atoms with Gasteiger partial charge in [-0.25, -0.2) is 0 Å². The van der Waals surface area contributed by atoms with Crippen molar-refractivity contribution in [2.45, 2.75) is 32.7 Å². The van der Waals surface area contributed by atoms with Gasteiger partial charge in [-0.3, -0.25) is 4.79 Å². The van der Waals surface area contributed by atoms with E-state index >= 15 is 0 Å². The fraction of sp³-hybridized carbons (Fsp3) is 0.400. The average molecular weight is 231 g/mol. The first-order valence-electron chi connectivity index (χ1n) is 6.20. The molecule has 1 rings (SSSR count). The molecule has 0 aliphatic rings. The summed E-state index contributed by atoms with van der Waals surface area (Å²) in [7, 11) is 0. The number of hydrogen-bond donors (Lipinski definition) is 0. The fourth-order valence-corrected chi connectivity index (χ4v) is 1.70. The van der Waals surface area contributed by atoms with E-state index in [-0.39, 0.29) is 5.91 Å². The summed E-state index contributed by atoms with van der Waals surface area (Å²) < 4.78 is 0. The second-order valence-electron chi connectivity index (χ2n) is 4.15. The largest absolute Gasteiger partial charge is 0.335 e. The lowest BCUT2D eigenvalue weighted by Gasteiger charge is -2.21. The third-order valence-corrected chi connectivity index (χ3v) is 2.66. The number of benzene rings is 1. The van der Waals surface area contributed by atoms with Gasteiger partial charge in [-0.05, 0) is 12.0 Å². The molecule has 1 aromatic carbocycles. The Kier molecular flexibility index (Phi) is 6.08. The second-order valence-corrected chi connectivity index (χ2v) is 4.15. The maximum absolute atomic E-state index is 12.0. The molecule has 1 aromatic rings. The molecule has 0 bridgehead atoms. The van der Waals surface area contributed by atoms with E-state index in [4.69, 9.17) is 0 Å². The highest BCUT2D eigenvalue weighted by Gasteiger charge is 2.11. The quantitative estimate of drug-likeness (QED) is 0.659. The van der Waals surface area contributed by atoms with E-state index in [1.54, 1.807) is 6.08 Å². The van der Waals surface area contributed by atoms with Crippen LogP contribution in [0.1, 0.15) is 31.7 Å². The van der Waals surface area contributed by atoms with Crippen molar-refractivity contribution in [1.29, 1.82) is 0 Å². The van der Waals surface area contributed by atoms with Crippen molar-refractivity contribution in [3.8, 4) is 0 Å². The van der Waals surface area contributed by atoms with Crippen molar-refractivity contribution in [3.63, 3.8) is 0 Å². The Hall–Kier alpha value is -1.57. The molecule has 0 aliphatic heterocycles. The van der Waals surface area contributed by atoms with Gasteiger partial charge in [-0.15, -0.1) is 6.58 Å². The molecule has 0 fully saturated rings. The summed E-state index contributed by atoms with van der Waals surface area (Å²) in [5.74, 6) is 0.218. The molecule has 0 saturated heterocycles. The standard InChI is InChI=1S/C15H21NO/c1-3-5-11-15(17)16(12-4-2)13-14-9-7-6-8-10-14/h4,6-10H,2-3,5,11-13H2,1H3. The van der Waals surface area contributed by atoms with E-state index in [0.29, 0.717) is 19.5 Å². The van der Waals surface area contributed by atoms with Gasteiger partial charge >= 0.3 is 0 Å². The molecular weight excluding hydrogens is 210 g/mol. The summed E-state index contributed by atoms with van der Waals surface area (Å²) in [6, 6.07) is 10.1. The lowest BCUT2D eigenvalue weighted by molar-refractivity contribution is -0.131. The normalized spacial score (nSPS) is 9.94. The number of nitrogens with zero attached hydrogens (tertiary/aromatic N) is 1. The Labute approximate surface area is 104 Å². The fourth-order valence-electron chi connectivity index (χ4n) is 1.70. The van der Waals surface area contributed by atoms with Gasteiger partial charge in [-0.1, -0.05) is 49.8 Å². The molecule has 0 radical (unpaired) electrons. The van der Waals surface area contributed by atoms with Crippen LogP contribution in [-0.4, -0.2) is 17.4 Å². The van der Waals surface area contributed by atoms with Crippen LogP contribution in [0.3, 0.4) is 0 Å². The summed E-state index contributed by atoms with van der Waals surface area (Å²) in [5, 5.41) is 0. The number of hydrogen-bond acceptors (Lipinski definition) is 1. The molecule has 0 atom stereocenters.